The van der Waals surface area contributed by atoms with Crippen LogP contribution in [0.1, 0.15) is 57.6 Å². The molecule has 2 rings (SSSR count). The first-order chi connectivity index (χ1) is 9.58. The van der Waals surface area contributed by atoms with Gasteiger partial charge < -0.3 is 15.6 Å². The summed E-state index contributed by atoms with van der Waals surface area (Å²) in [5, 5.41) is 10.5. The van der Waals surface area contributed by atoms with Crippen molar-refractivity contribution >= 4 is 12.4 Å². The van der Waals surface area contributed by atoms with E-state index in [0.717, 1.165) is 24.2 Å². The first-order valence-corrected chi connectivity index (χ1v) is 7.78. The molecule has 0 aromatic heterocycles. The van der Waals surface area contributed by atoms with E-state index in [0.29, 0.717) is 5.92 Å². The van der Waals surface area contributed by atoms with Gasteiger partial charge >= 0.3 is 0 Å². The van der Waals surface area contributed by atoms with E-state index in [-0.39, 0.29) is 24.6 Å². The van der Waals surface area contributed by atoms with Crippen molar-refractivity contribution in [3.63, 3.8) is 0 Å². The first kappa shape index (κ1) is 18.3. The third kappa shape index (κ3) is 5.17. The SMILES string of the molecule is CC(C)Oc1ccc([C@H](N)[C@H](O)C2CCCCC2)cc1.Cl. The Hall–Kier alpha value is -0.770. The lowest BCUT2D eigenvalue weighted by Gasteiger charge is -2.30. The molecule has 0 aliphatic heterocycles. The summed E-state index contributed by atoms with van der Waals surface area (Å²) in [6, 6.07) is 7.50. The average Bonchev–Trinajstić information content (AvgIpc) is 2.47. The monoisotopic (exact) mass is 313 g/mol. The Labute approximate surface area is 134 Å². The molecule has 1 aliphatic carbocycles. The van der Waals surface area contributed by atoms with Gasteiger partial charge in [-0.3, -0.25) is 0 Å². The number of hydrogen-bond donors (Lipinski definition) is 2. The van der Waals surface area contributed by atoms with Crippen LogP contribution >= 0.6 is 12.4 Å². The molecule has 0 spiro atoms. The molecular formula is C17H28ClNO2. The van der Waals surface area contributed by atoms with Crippen LogP contribution in [-0.2, 0) is 0 Å². The van der Waals surface area contributed by atoms with E-state index in [9.17, 15) is 5.11 Å². The van der Waals surface area contributed by atoms with Crippen molar-refractivity contribution in [1.82, 2.24) is 0 Å². The van der Waals surface area contributed by atoms with Crippen molar-refractivity contribution in [1.29, 1.82) is 0 Å². The maximum Gasteiger partial charge on any atom is 0.119 e. The van der Waals surface area contributed by atoms with E-state index in [1.54, 1.807) is 0 Å². The Bertz CT molecular complexity index is 402. The standard InChI is InChI=1S/C17H27NO2.ClH/c1-12(2)20-15-10-8-13(9-11-15)16(18)17(19)14-6-4-3-5-7-14;/h8-12,14,16-17,19H,3-7,18H2,1-2H3;1H/t16-,17+;/m0./s1. The Morgan fingerprint density at radius 1 is 1.10 bits per heavy atom. The van der Waals surface area contributed by atoms with Crippen molar-refractivity contribution < 1.29 is 9.84 Å². The maximum absolute atomic E-state index is 10.5. The topological polar surface area (TPSA) is 55.5 Å². The van der Waals surface area contributed by atoms with Crippen molar-refractivity contribution in [3.8, 4) is 5.75 Å². The van der Waals surface area contributed by atoms with Crippen LogP contribution in [0.4, 0.5) is 0 Å². The summed E-state index contributed by atoms with van der Waals surface area (Å²) in [5.41, 5.74) is 7.22. The summed E-state index contributed by atoms with van der Waals surface area (Å²) in [6.45, 7) is 4.01. The van der Waals surface area contributed by atoms with Crippen molar-refractivity contribution in [3.05, 3.63) is 29.8 Å². The van der Waals surface area contributed by atoms with E-state index < -0.39 is 6.10 Å². The van der Waals surface area contributed by atoms with Crippen LogP contribution in [0.25, 0.3) is 0 Å². The number of halogens is 1. The molecule has 21 heavy (non-hydrogen) atoms. The Kier molecular flexibility index (Phi) is 7.50. The quantitative estimate of drug-likeness (QED) is 0.868. The molecular weight excluding hydrogens is 286 g/mol. The fourth-order valence-corrected chi connectivity index (χ4v) is 3.01. The molecule has 1 aliphatic rings. The maximum atomic E-state index is 10.5. The molecule has 120 valence electrons. The normalized spacial score (nSPS) is 18.9. The fourth-order valence-electron chi connectivity index (χ4n) is 3.01. The fraction of sp³-hybridized carbons (Fsp3) is 0.647. The minimum atomic E-state index is -0.438. The Balaban J connectivity index is 0.00000220. The van der Waals surface area contributed by atoms with E-state index in [2.05, 4.69) is 0 Å². The van der Waals surface area contributed by atoms with Crippen LogP contribution in [0, 0.1) is 5.92 Å². The lowest BCUT2D eigenvalue weighted by molar-refractivity contribution is 0.0618. The highest BCUT2D eigenvalue weighted by atomic mass is 35.5. The summed E-state index contributed by atoms with van der Waals surface area (Å²) in [7, 11) is 0. The van der Waals surface area contributed by atoms with Gasteiger partial charge in [0.15, 0.2) is 0 Å². The number of aliphatic hydroxyl groups is 1. The van der Waals surface area contributed by atoms with Crippen LogP contribution in [0.2, 0.25) is 0 Å². The van der Waals surface area contributed by atoms with Gasteiger partial charge in [-0.2, -0.15) is 0 Å². The van der Waals surface area contributed by atoms with Crippen LogP contribution < -0.4 is 10.5 Å². The highest BCUT2D eigenvalue weighted by Crippen LogP contribution is 2.31. The van der Waals surface area contributed by atoms with Gasteiger partial charge in [-0.25, -0.2) is 0 Å². The van der Waals surface area contributed by atoms with Gasteiger partial charge in [-0.05, 0) is 50.3 Å². The summed E-state index contributed by atoms with van der Waals surface area (Å²) in [6.07, 6.45) is 5.66. The molecule has 3 nitrogen and oxygen atoms in total. The van der Waals surface area contributed by atoms with E-state index >= 15 is 0 Å². The minimum absolute atomic E-state index is 0. The van der Waals surface area contributed by atoms with Gasteiger partial charge in [0.05, 0.1) is 18.2 Å². The van der Waals surface area contributed by atoms with Gasteiger partial charge in [0.2, 0.25) is 0 Å². The van der Waals surface area contributed by atoms with E-state index in [1.807, 2.05) is 38.1 Å². The molecule has 0 radical (unpaired) electrons. The summed E-state index contributed by atoms with van der Waals surface area (Å²) in [5.74, 6) is 1.20. The third-order valence-electron chi connectivity index (χ3n) is 4.14. The predicted molar refractivity (Wildman–Crippen MR) is 89.0 cm³/mol. The van der Waals surface area contributed by atoms with Gasteiger partial charge in [-0.1, -0.05) is 31.4 Å². The molecule has 1 aromatic rings. The van der Waals surface area contributed by atoms with Crippen LogP contribution in [-0.4, -0.2) is 17.3 Å². The molecule has 0 amide bonds. The van der Waals surface area contributed by atoms with Gasteiger partial charge in [0.25, 0.3) is 0 Å². The summed E-state index contributed by atoms with van der Waals surface area (Å²) < 4.78 is 5.62. The number of ether oxygens (including phenoxy) is 1. The van der Waals surface area contributed by atoms with Gasteiger partial charge in [-0.15, -0.1) is 12.4 Å². The number of aliphatic hydroxyl groups excluding tert-OH is 1. The zero-order valence-electron chi connectivity index (χ0n) is 13.0. The van der Waals surface area contributed by atoms with E-state index in [1.165, 1.54) is 19.3 Å². The van der Waals surface area contributed by atoms with Crippen LogP contribution in [0.3, 0.4) is 0 Å². The zero-order chi connectivity index (χ0) is 14.5. The van der Waals surface area contributed by atoms with Crippen molar-refractivity contribution in [2.24, 2.45) is 11.7 Å². The van der Waals surface area contributed by atoms with Crippen LogP contribution in [0.15, 0.2) is 24.3 Å². The second-order valence-corrected chi connectivity index (χ2v) is 6.15. The molecule has 3 N–H and O–H groups in total. The molecule has 0 bridgehead atoms. The van der Waals surface area contributed by atoms with Crippen molar-refractivity contribution in [2.45, 2.75) is 64.2 Å². The first-order valence-electron chi connectivity index (χ1n) is 7.78. The lowest BCUT2D eigenvalue weighted by Crippen LogP contribution is -2.34. The second-order valence-electron chi connectivity index (χ2n) is 6.15. The average molecular weight is 314 g/mol. The molecule has 1 aromatic carbocycles. The summed E-state index contributed by atoms with van der Waals surface area (Å²) in [4.78, 5) is 0. The minimum Gasteiger partial charge on any atom is -0.491 e. The smallest absolute Gasteiger partial charge is 0.119 e. The Morgan fingerprint density at radius 2 is 1.67 bits per heavy atom. The van der Waals surface area contributed by atoms with E-state index in [4.69, 9.17) is 10.5 Å². The van der Waals surface area contributed by atoms with Crippen molar-refractivity contribution in [2.75, 3.05) is 0 Å². The van der Waals surface area contributed by atoms with Crippen LogP contribution in [0.5, 0.6) is 5.75 Å². The molecule has 0 heterocycles. The molecule has 1 fully saturated rings. The lowest BCUT2D eigenvalue weighted by atomic mass is 9.81. The highest BCUT2D eigenvalue weighted by Gasteiger charge is 2.27. The third-order valence-corrected chi connectivity index (χ3v) is 4.14. The summed E-state index contributed by atoms with van der Waals surface area (Å²) >= 11 is 0. The zero-order valence-corrected chi connectivity index (χ0v) is 13.8. The second kappa shape index (κ2) is 8.62. The predicted octanol–water partition coefficient (Wildman–Crippen LogP) is 3.84. The molecule has 4 heteroatoms. The number of nitrogens with two attached hydrogens (primary N) is 1. The molecule has 0 saturated heterocycles. The Morgan fingerprint density at radius 3 is 2.19 bits per heavy atom. The number of benzene rings is 1. The molecule has 2 atom stereocenters. The molecule has 0 unspecified atom stereocenters. The van der Waals surface area contributed by atoms with Gasteiger partial charge in [0, 0.05) is 0 Å². The number of hydrogen-bond acceptors (Lipinski definition) is 3. The largest absolute Gasteiger partial charge is 0.491 e. The molecule has 1 saturated carbocycles. The highest BCUT2D eigenvalue weighted by molar-refractivity contribution is 5.85. The van der Waals surface area contributed by atoms with Gasteiger partial charge in [0.1, 0.15) is 5.75 Å². The number of rotatable bonds is 5.